The largest absolute Gasteiger partial charge is 0.394 e. The van der Waals surface area contributed by atoms with E-state index in [1.807, 2.05) is 6.08 Å². The average molecular weight is 844 g/mol. The molecule has 0 fully saturated rings. The first kappa shape index (κ1) is 58.9. The molecule has 0 aromatic heterocycles. The molecule has 3 N–H and O–H groups in total. The first-order valence-corrected chi connectivity index (χ1v) is 27.6. The highest BCUT2D eigenvalue weighted by Crippen LogP contribution is 2.17. The van der Waals surface area contributed by atoms with Crippen LogP contribution in [0.25, 0.3) is 0 Å². The molecule has 0 bridgehead atoms. The lowest BCUT2D eigenvalue weighted by Crippen LogP contribution is -2.45. The van der Waals surface area contributed by atoms with Crippen LogP contribution in [0.3, 0.4) is 0 Å². The number of allylic oxidation sites excluding steroid dienone is 3. The highest BCUT2D eigenvalue weighted by molar-refractivity contribution is 5.76. The van der Waals surface area contributed by atoms with Gasteiger partial charge in [0.2, 0.25) is 5.91 Å². The summed E-state index contributed by atoms with van der Waals surface area (Å²) >= 11 is 0. The van der Waals surface area contributed by atoms with Gasteiger partial charge in [0.05, 0.1) is 18.8 Å². The van der Waals surface area contributed by atoms with Crippen LogP contribution in [0.5, 0.6) is 0 Å². The lowest BCUT2D eigenvalue weighted by atomic mass is 10.0. The molecule has 0 aliphatic carbocycles. The summed E-state index contributed by atoms with van der Waals surface area (Å²) in [5, 5.41) is 23.2. The summed E-state index contributed by atoms with van der Waals surface area (Å²) in [5.74, 6) is -0.0599. The van der Waals surface area contributed by atoms with E-state index in [0.717, 1.165) is 25.7 Å². The molecular weight excluding hydrogens is 735 g/mol. The van der Waals surface area contributed by atoms with Crippen molar-refractivity contribution in [2.24, 2.45) is 0 Å². The molecule has 0 aliphatic rings. The van der Waals surface area contributed by atoms with Gasteiger partial charge in [0.1, 0.15) is 0 Å². The van der Waals surface area contributed by atoms with Crippen molar-refractivity contribution in [3.63, 3.8) is 0 Å². The molecule has 2 unspecified atom stereocenters. The molecule has 356 valence electrons. The molecule has 60 heavy (non-hydrogen) atoms. The fraction of sp³-hybridized carbons (Fsp3) is 0.911. The third-order valence-electron chi connectivity index (χ3n) is 12.9. The summed E-state index contributed by atoms with van der Waals surface area (Å²) in [5.41, 5.74) is 0. The molecule has 4 heteroatoms. The van der Waals surface area contributed by atoms with Gasteiger partial charge in [0.25, 0.3) is 0 Å². The topological polar surface area (TPSA) is 69.6 Å². The van der Waals surface area contributed by atoms with Crippen LogP contribution in [0.4, 0.5) is 0 Å². The van der Waals surface area contributed by atoms with Crippen molar-refractivity contribution in [3.05, 3.63) is 24.3 Å². The Morgan fingerprint density at radius 2 is 0.633 bits per heavy atom. The second-order valence-corrected chi connectivity index (χ2v) is 19.0. The van der Waals surface area contributed by atoms with E-state index in [1.54, 1.807) is 6.08 Å². The minimum atomic E-state index is -0.838. The molecule has 0 aromatic rings. The number of aliphatic hydroxyl groups is 2. The van der Waals surface area contributed by atoms with Gasteiger partial charge in [-0.25, -0.2) is 0 Å². The van der Waals surface area contributed by atoms with Crippen LogP contribution in [0, 0.1) is 0 Å². The van der Waals surface area contributed by atoms with Crippen LogP contribution >= 0.6 is 0 Å². The lowest BCUT2D eigenvalue weighted by Gasteiger charge is -2.20. The van der Waals surface area contributed by atoms with Crippen LogP contribution in [-0.4, -0.2) is 34.9 Å². The van der Waals surface area contributed by atoms with Crippen LogP contribution in [-0.2, 0) is 4.79 Å². The standard InChI is InChI=1S/C56H109NO3/c1-3-5-7-9-11-13-15-17-19-21-23-25-27-28-30-31-33-35-37-39-41-43-45-47-49-51-55(59)54(53-58)57-56(60)52-50-48-46-44-42-40-38-36-34-32-29-26-24-22-20-18-16-14-12-10-8-6-4-2/h22,24,49,51,54-55,58-59H,3-21,23,25-48,50,52-53H2,1-2H3,(H,57,60)/b24-22-,51-49+. The summed E-state index contributed by atoms with van der Waals surface area (Å²) in [6, 6.07) is -0.621. The summed E-state index contributed by atoms with van der Waals surface area (Å²) in [7, 11) is 0. The van der Waals surface area contributed by atoms with E-state index >= 15 is 0 Å². The van der Waals surface area contributed by atoms with Crippen molar-refractivity contribution in [1.29, 1.82) is 0 Å². The first-order valence-electron chi connectivity index (χ1n) is 27.6. The fourth-order valence-electron chi connectivity index (χ4n) is 8.71. The lowest BCUT2D eigenvalue weighted by molar-refractivity contribution is -0.123. The third-order valence-corrected chi connectivity index (χ3v) is 12.9. The van der Waals surface area contributed by atoms with Crippen molar-refractivity contribution in [2.75, 3.05) is 6.61 Å². The Morgan fingerprint density at radius 3 is 0.917 bits per heavy atom. The number of amides is 1. The molecule has 0 rings (SSSR count). The number of hydrogen-bond donors (Lipinski definition) is 3. The van der Waals surface area contributed by atoms with Gasteiger partial charge in [-0.15, -0.1) is 0 Å². The van der Waals surface area contributed by atoms with E-state index in [-0.39, 0.29) is 12.5 Å². The van der Waals surface area contributed by atoms with Crippen molar-refractivity contribution in [3.8, 4) is 0 Å². The molecule has 2 atom stereocenters. The van der Waals surface area contributed by atoms with Gasteiger partial charge in [-0.05, 0) is 44.9 Å². The number of unbranched alkanes of at least 4 members (excludes halogenated alkanes) is 42. The van der Waals surface area contributed by atoms with Gasteiger partial charge in [0.15, 0.2) is 0 Å². The Bertz CT molecular complexity index is 871. The van der Waals surface area contributed by atoms with E-state index < -0.39 is 12.1 Å². The molecular formula is C56H109NO3. The average Bonchev–Trinajstić information content (AvgIpc) is 3.25. The van der Waals surface area contributed by atoms with Crippen molar-refractivity contribution < 1.29 is 15.0 Å². The molecule has 0 aliphatic heterocycles. The molecule has 0 heterocycles. The Morgan fingerprint density at radius 1 is 0.383 bits per heavy atom. The minimum Gasteiger partial charge on any atom is -0.394 e. The molecule has 1 amide bonds. The normalized spacial score (nSPS) is 12.9. The van der Waals surface area contributed by atoms with Crippen LogP contribution in [0.15, 0.2) is 24.3 Å². The summed E-state index contributed by atoms with van der Waals surface area (Å²) < 4.78 is 0. The number of rotatable bonds is 51. The Hall–Kier alpha value is -1.13. The molecule has 0 radical (unpaired) electrons. The van der Waals surface area contributed by atoms with Gasteiger partial charge in [-0.2, -0.15) is 0 Å². The molecule has 4 nitrogen and oxygen atoms in total. The highest BCUT2D eigenvalue weighted by Gasteiger charge is 2.18. The van der Waals surface area contributed by atoms with E-state index in [4.69, 9.17) is 0 Å². The van der Waals surface area contributed by atoms with Gasteiger partial charge < -0.3 is 15.5 Å². The van der Waals surface area contributed by atoms with Crippen LogP contribution in [0.2, 0.25) is 0 Å². The van der Waals surface area contributed by atoms with E-state index in [0.29, 0.717) is 6.42 Å². The predicted molar refractivity (Wildman–Crippen MR) is 267 cm³/mol. The number of hydrogen-bond acceptors (Lipinski definition) is 3. The first-order chi connectivity index (χ1) is 29.7. The maximum absolute atomic E-state index is 12.5. The summed E-state index contributed by atoms with van der Waals surface area (Å²) in [4.78, 5) is 12.5. The molecule has 0 aromatic carbocycles. The smallest absolute Gasteiger partial charge is 0.220 e. The Kier molecular flexibility index (Phi) is 51.2. The van der Waals surface area contributed by atoms with Crippen molar-refractivity contribution in [1.82, 2.24) is 5.32 Å². The predicted octanol–water partition coefficient (Wildman–Crippen LogP) is 17.9. The minimum absolute atomic E-state index is 0.0599. The maximum Gasteiger partial charge on any atom is 0.220 e. The fourth-order valence-corrected chi connectivity index (χ4v) is 8.71. The SMILES string of the molecule is CCCCCCCCCC/C=C\CCCCCCCCCCCCCC(=O)NC(CO)C(O)/C=C/CCCCCCCCCCCCCCCCCCCCCCCCC. The second kappa shape index (κ2) is 52.2. The van der Waals surface area contributed by atoms with Crippen molar-refractivity contribution in [2.45, 2.75) is 321 Å². The molecule has 0 saturated carbocycles. The van der Waals surface area contributed by atoms with Crippen molar-refractivity contribution >= 4 is 5.91 Å². The van der Waals surface area contributed by atoms with E-state index in [1.165, 1.54) is 263 Å². The van der Waals surface area contributed by atoms with Crippen LogP contribution < -0.4 is 5.32 Å². The summed E-state index contributed by atoms with van der Waals surface area (Å²) in [6.07, 6.45) is 69.0. The number of nitrogens with one attached hydrogen (secondary N) is 1. The quantitative estimate of drug-likeness (QED) is 0.0422. The van der Waals surface area contributed by atoms with Gasteiger partial charge in [-0.1, -0.05) is 282 Å². The number of carbonyl (C=O) groups excluding carboxylic acids is 1. The second-order valence-electron chi connectivity index (χ2n) is 19.0. The maximum atomic E-state index is 12.5. The Labute approximate surface area is 377 Å². The van der Waals surface area contributed by atoms with Gasteiger partial charge in [-0.3, -0.25) is 4.79 Å². The molecule has 0 saturated heterocycles. The zero-order chi connectivity index (χ0) is 43.5. The van der Waals surface area contributed by atoms with Gasteiger partial charge in [0, 0.05) is 6.42 Å². The van der Waals surface area contributed by atoms with E-state index in [9.17, 15) is 15.0 Å². The third kappa shape index (κ3) is 47.9. The summed E-state index contributed by atoms with van der Waals surface area (Å²) in [6.45, 7) is 4.34. The Balaban J connectivity index is 3.48. The van der Waals surface area contributed by atoms with Crippen LogP contribution in [0.1, 0.15) is 309 Å². The number of carbonyl (C=O) groups is 1. The number of aliphatic hydroxyl groups excluding tert-OH is 2. The monoisotopic (exact) mass is 844 g/mol. The molecule has 0 spiro atoms. The zero-order valence-corrected chi connectivity index (χ0v) is 41.0. The van der Waals surface area contributed by atoms with Gasteiger partial charge >= 0.3 is 0 Å². The zero-order valence-electron chi connectivity index (χ0n) is 41.0. The highest BCUT2D eigenvalue weighted by atomic mass is 16.3. The van der Waals surface area contributed by atoms with E-state index in [2.05, 4.69) is 31.3 Å².